The lowest BCUT2D eigenvalue weighted by Crippen LogP contribution is -2.33. The van der Waals surface area contributed by atoms with Gasteiger partial charge in [0.15, 0.2) is 0 Å². The summed E-state index contributed by atoms with van der Waals surface area (Å²) in [6, 6.07) is 0. The van der Waals surface area contributed by atoms with Crippen LogP contribution in [-0.4, -0.2) is 34.7 Å². The molecule has 0 aliphatic carbocycles. The first kappa shape index (κ1) is 16.9. The highest BCUT2D eigenvalue weighted by Crippen LogP contribution is 2.28. The van der Waals surface area contributed by atoms with E-state index in [2.05, 4.69) is 17.0 Å². The lowest BCUT2D eigenvalue weighted by atomic mass is 10.0. The van der Waals surface area contributed by atoms with Crippen LogP contribution in [0.5, 0.6) is 0 Å². The minimum Gasteiger partial charge on any atom is -0.378 e. The Morgan fingerprint density at radius 3 is 2.90 bits per heavy atom. The fourth-order valence-corrected chi connectivity index (χ4v) is 5.71. The minimum absolute atomic E-state index is 0.174. The highest BCUT2D eigenvalue weighted by Gasteiger charge is 2.29. The Bertz CT molecular complexity index is 569. The monoisotopic (exact) mass is 332 g/mol. The third-order valence-electron chi connectivity index (χ3n) is 3.88. The van der Waals surface area contributed by atoms with E-state index < -0.39 is 10.0 Å². The van der Waals surface area contributed by atoms with Crippen molar-refractivity contribution in [2.24, 2.45) is 5.92 Å². The number of thiophene rings is 1. The first-order valence-electron chi connectivity index (χ1n) is 7.32. The van der Waals surface area contributed by atoms with E-state index in [1.54, 1.807) is 0 Å². The molecule has 1 fully saturated rings. The van der Waals surface area contributed by atoms with E-state index in [0.29, 0.717) is 18.0 Å². The van der Waals surface area contributed by atoms with E-state index in [9.17, 15) is 8.42 Å². The number of sulfonamides is 1. The van der Waals surface area contributed by atoms with E-state index >= 15 is 0 Å². The molecular weight excluding hydrogens is 308 g/mol. The third kappa shape index (κ3) is 3.84. The molecule has 2 heterocycles. The molecule has 1 aromatic rings. The van der Waals surface area contributed by atoms with E-state index in [1.165, 1.54) is 11.3 Å². The molecule has 2 N–H and O–H groups in total. The van der Waals surface area contributed by atoms with Crippen molar-refractivity contribution in [3.63, 3.8) is 0 Å². The van der Waals surface area contributed by atoms with Crippen LogP contribution >= 0.6 is 11.3 Å². The van der Waals surface area contributed by atoms with Crippen LogP contribution in [0.2, 0.25) is 0 Å². The van der Waals surface area contributed by atoms with Crippen molar-refractivity contribution in [2.45, 2.75) is 44.2 Å². The average Bonchev–Trinajstić information content (AvgIpc) is 3.03. The van der Waals surface area contributed by atoms with Crippen LogP contribution in [0.25, 0.3) is 0 Å². The largest absolute Gasteiger partial charge is 0.378 e. The number of nitrogens with one attached hydrogen (secondary N) is 2. The molecule has 0 aromatic carbocycles. The maximum atomic E-state index is 12.6. The topological polar surface area (TPSA) is 67.4 Å². The fourth-order valence-electron chi connectivity index (χ4n) is 2.80. The van der Waals surface area contributed by atoms with Gasteiger partial charge in [0.1, 0.15) is 4.90 Å². The number of rotatable bonds is 7. The molecular formula is C14H24N2O3S2. The molecule has 0 saturated carbocycles. The number of ether oxygens (including phenoxy) is 1. The molecule has 7 heteroatoms. The van der Waals surface area contributed by atoms with Crippen LogP contribution < -0.4 is 10.0 Å². The van der Waals surface area contributed by atoms with Crippen molar-refractivity contribution in [2.75, 3.05) is 20.2 Å². The predicted octanol–water partition coefficient (Wildman–Crippen LogP) is 1.87. The Balaban J connectivity index is 2.10. The maximum Gasteiger partial charge on any atom is 0.241 e. The summed E-state index contributed by atoms with van der Waals surface area (Å²) in [5, 5.41) is 4.92. The summed E-state index contributed by atoms with van der Waals surface area (Å²) in [5.74, 6) is 0.275. The Hall–Kier alpha value is -0.470. The first-order chi connectivity index (χ1) is 9.99. The Morgan fingerprint density at radius 1 is 1.48 bits per heavy atom. The van der Waals surface area contributed by atoms with Crippen molar-refractivity contribution in [3.8, 4) is 0 Å². The maximum absolute atomic E-state index is 12.6. The molecule has 0 radical (unpaired) electrons. The van der Waals surface area contributed by atoms with Gasteiger partial charge >= 0.3 is 0 Å². The fraction of sp³-hybridized carbons (Fsp3) is 0.714. The molecule has 1 aliphatic heterocycles. The van der Waals surface area contributed by atoms with Gasteiger partial charge in [0, 0.05) is 30.5 Å². The van der Waals surface area contributed by atoms with Gasteiger partial charge in [-0.05, 0) is 37.8 Å². The molecule has 1 saturated heterocycles. The summed E-state index contributed by atoms with van der Waals surface area (Å²) in [4.78, 5) is 1.30. The second-order valence-electron chi connectivity index (χ2n) is 5.42. The number of hydrogen-bond acceptors (Lipinski definition) is 5. The van der Waals surface area contributed by atoms with E-state index in [-0.39, 0.29) is 12.0 Å². The molecule has 2 unspecified atom stereocenters. The summed E-state index contributed by atoms with van der Waals surface area (Å²) in [6.45, 7) is 5.67. The van der Waals surface area contributed by atoms with Gasteiger partial charge in [-0.25, -0.2) is 13.1 Å². The van der Waals surface area contributed by atoms with Gasteiger partial charge in [-0.1, -0.05) is 6.92 Å². The second kappa shape index (κ2) is 7.19. The first-order valence-corrected chi connectivity index (χ1v) is 9.68. The molecule has 0 spiro atoms. The van der Waals surface area contributed by atoms with Crippen molar-refractivity contribution >= 4 is 21.4 Å². The van der Waals surface area contributed by atoms with E-state index in [4.69, 9.17) is 4.74 Å². The normalized spacial score (nSPS) is 22.8. The van der Waals surface area contributed by atoms with Gasteiger partial charge in [-0.15, -0.1) is 11.3 Å². The molecule has 2 atom stereocenters. The SMILES string of the molecule is CCC1OCCC1CNS(=O)(=O)c1c(C)csc1CNC. The van der Waals surface area contributed by atoms with Gasteiger partial charge in [0.25, 0.3) is 0 Å². The lowest BCUT2D eigenvalue weighted by molar-refractivity contribution is 0.0884. The van der Waals surface area contributed by atoms with Crippen LogP contribution in [0.1, 0.15) is 30.2 Å². The summed E-state index contributed by atoms with van der Waals surface area (Å²) >= 11 is 1.48. The van der Waals surface area contributed by atoms with E-state index in [1.807, 2.05) is 19.4 Å². The van der Waals surface area contributed by atoms with E-state index in [0.717, 1.165) is 29.9 Å². The quantitative estimate of drug-likeness (QED) is 0.800. The molecule has 0 amide bonds. The van der Waals surface area contributed by atoms with Gasteiger partial charge in [-0.2, -0.15) is 0 Å². The lowest BCUT2D eigenvalue weighted by Gasteiger charge is -2.17. The molecule has 1 aliphatic rings. The van der Waals surface area contributed by atoms with Gasteiger partial charge in [0.2, 0.25) is 10.0 Å². The zero-order valence-corrected chi connectivity index (χ0v) is 14.4. The van der Waals surface area contributed by atoms with Crippen LogP contribution in [0.3, 0.4) is 0 Å². The third-order valence-corrected chi connectivity index (χ3v) is 6.77. The highest BCUT2D eigenvalue weighted by atomic mass is 32.2. The van der Waals surface area contributed by atoms with Crippen molar-refractivity contribution in [1.29, 1.82) is 0 Å². The zero-order valence-electron chi connectivity index (χ0n) is 12.8. The summed E-state index contributed by atoms with van der Waals surface area (Å²) in [5.41, 5.74) is 0.812. The van der Waals surface area contributed by atoms with Crippen LogP contribution in [0.15, 0.2) is 10.3 Å². The number of hydrogen-bond donors (Lipinski definition) is 2. The predicted molar refractivity (Wildman–Crippen MR) is 85.1 cm³/mol. The standard InChI is InChI=1S/C14H24N2O3S2/c1-4-12-11(5-6-19-12)7-16-21(17,18)14-10(2)9-20-13(14)8-15-3/h9,11-12,15-16H,4-8H2,1-3H3. The number of aryl methyl sites for hydroxylation is 1. The Labute approximate surface area is 131 Å². The van der Waals surface area contributed by atoms with Crippen molar-refractivity contribution < 1.29 is 13.2 Å². The Morgan fingerprint density at radius 2 is 2.24 bits per heavy atom. The second-order valence-corrected chi connectivity index (χ2v) is 8.09. The molecule has 2 rings (SSSR count). The molecule has 21 heavy (non-hydrogen) atoms. The zero-order chi connectivity index (χ0) is 15.5. The van der Waals surface area contributed by atoms with Crippen LogP contribution in [0, 0.1) is 12.8 Å². The van der Waals surface area contributed by atoms with Gasteiger partial charge < -0.3 is 10.1 Å². The van der Waals surface area contributed by atoms with Crippen LogP contribution in [0.4, 0.5) is 0 Å². The molecule has 5 nitrogen and oxygen atoms in total. The van der Waals surface area contributed by atoms with Crippen molar-refractivity contribution in [3.05, 3.63) is 15.8 Å². The minimum atomic E-state index is -3.45. The summed E-state index contributed by atoms with van der Waals surface area (Å²) < 4.78 is 33.6. The summed E-state index contributed by atoms with van der Waals surface area (Å²) in [7, 11) is -1.63. The van der Waals surface area contributed by atoms with Gasteiger partial charge in [-0.3, -0.25) is 0 Å². The Kier molecular flexibility index (Phi) is 5.79. The summed E-state index contributed by atoms with van der Waals surface area (Å²) in [6.07, 6.45) is 2.02. The van der Waals surface area contributed by atoms with Crippen LogP contribution in [-0.2, 0) is 21.3 Å². The van der Waals surface area contributed by atoms with Crippen molar-refractivity contribution in [1.82, 2.24) is 10.0 Å². The molecule has 0 bridgehead atoms. The van der Waals surface area contributed by atoms with Gasteiger partial charge in [0.05, 0.1) is 6.10 Å². The smallest absolute Gasteiger partial charge is 0.241 e. The average molecular weight is 332 g/mol. The molecule has 120 valence electrons. The molecule has 1 aromatic heterocycles. The highest BCUT2D eigenvalue weighted by molar-refractivity contribution is 7.89.